The maximum absolute atomic E-state index is 10.8. The largest absolute Gasteiger partial charge is 0.506 e. The van der Waals surface area contributed by atoms with Crippen LogP contribution in [0.2, 0.25) is 0 Å². The first-order valence-electron chi connectivity index (χ1n) is 3.76. The number of fused-ring (bicyclic) bond motifs is 1. The third kappa shape index (κ3) is 1.34. The highest BCUT2D eigenvalue weighted by Crippen LogP contribution is 2.26. The van der Waals surface area contributed by atoms with Gasteiger partial charge < -0.3 is 10.1 Å². The molecule has 0 spiro atoms. The molecule has 0 aliphatic carbocycles. The highest BCUT2D eigenvalue weighted by Gasteiger charge is 2.11. The van der Waals surface area contributed by atoms with Crippen molar-refractivity contribution in [1.29, 1.82) is 0 Å². The Morgan fingerprint density at radius 1 is 1.29 bits per heavy atom. The number of rotatable bonds is 1. The molecule has 1 aromatic heterocycles. The molecule has 0 atom stereocenters. The molecule has 0 saturated heterocycles. The summed E-state index contributed by atoms with van der Waals surface area (Å²) in [4.78, 5) is 2.50. The number of aromatic hydroxyl groups is 1. The molecule has 0 bridgehead atoms. The molecule has 0 unspecified atom stereocenters. The molecule has 14 heavy (non-hydrogen) atoms. The Labute approximate surface area is 79.7 Å². The quantitative estimate of drug-likeness (QED) is 0.619. The fraction of sp³-hybridized carbons (Fsp3) is 0. The molecule has 0 aliphatic rings. The molecule has 3 N–H and O–H groups in total. The summed E-state index contributed by atoms with van der Waals surface area (Å²) in [6, 6.07) is 3.93. The molecule has 0 saturated carbocycles. The van der Waals surface area contributed by atoms with Crippen molar-refractivity contribution < 1.29 is 18.1 Å². The highest BCUT2D eigenvalue weighted by atomic mass is 32.2. The summed E-state index contributed by atoms with van der Waals surface area (Å²) >= 11 is 0. The van der Waals surface area contributed by atoms with Gasteiger partial charge in [0.05, 0.1) is 4.90 Å². The van der Waals surface area contributed by atoms with Gasteiger partial charge in [-0.1, -0.05) is 0 Å². The van der Waals surface area contributed by atoms with Crippen molar-refractivity contribution in [3.05, 3.63) is 24.4 Å². The second kappa shape index (κ2) is 2.73. The summed E-state index contributed by atoms with van der Waals surface area (Å²) in [5, 5.41) is 9.65. The molecule has 0 fully saturated rings. The third-order valence-corrected chi connectivity index (χ3v) is 2.78. The molecular formula is C8H7NO4S. The van der Waals surface area contributed by atoms with Gasteiger partial charge in [0, 0.05) is 17.1 Å². The monoisotopic (exact) mass is 213 g/mol. The zero-order valence-corrected chi connectivity index (χ0v) is 7.75. The van der Waals surface area contributed by atoms with Crippen molar-refractivity contribution in [1.82, 2.24) is 4.98 Å². The first-order valence-corrected chi connectivity index (χ1v) is 5.20. The van der Waals surface area contributed by atoms with Crippen LogP contribution >= 0.6 is 0 Å². The van der Waals surface area contributed by atoms with Crippen molar-refractivity contribution in [3.8, 4) is 5.75 Å². The minimum absolute atomic E-state index is 0.0505. The molecule has 5 nitrogen and oxygen atoms in total. The van der Waals surface area contributed by atoms with E-state index >= 15 is 0 Å². The van der Waals surface area contributed by atoms with E-state index in [0.717, 1.165) is 0 Å². The van der Waals surface area contributed by atoms with Gasteiger partial charge in [-0.3, -0.25) is 4.55 Å². The van der Waals surface area contributed by atoms with Crippen LogP contribution in [-0.4, -0.2) is 23.1 Å². The molecular weight excluding hydrogens is 206 g/mol. The first-order chi connectivity index (χ1) is 6.48. The van der Waals surface area contributed by atoms with Gasteiger partial charge in [-0.2, -0.15) is 8.42 Å². The van der Waals surface area contributed by atoms with Gasteiger partial charge in [0.15, 0.2) is 0 Å². The van der Waals surface area contributed by atoms with Gasteiger partial charge in [-0.05, 0) is 18.2 Å². The Balaban J connectivity index is 2.79. The van der Waals surface area contributed by atoms with E-state index in [1.807, 2.05) is 0 Å². The Morgan fingerprint density at radius 2 is 2.00 bits per heavy atom. The molecule has 1 heterocycles. The summed E-state index contributed by atoms with van der Waals surface area (Å²) in [5.74, 6) is -0.0505. The predicted molar refractivity (Wildman–Crippen MR) is 49.8 cm³/mol. The number of aromatic nitrogens is 1. The number of hydrogen-bond acceptors (Lipinski definition) is 3. The number of hydrogen-bond donors (Lipinski definition) is 3. The molecule has 1 aromatic carbocycles. The van der Waals surface area contributed by atoms with Gasteiger partial charge in [0.1, 0.15) is 5.75 Å². The predicted octanol–water partition coefficient (Wildman–Crippen LogP) is 1.12. The Bertz CT molecular complexity index is 584. The minimum atomic E-state index is -4.21. The van der Waals surface area contributed by atoms with E-state index in [1.165, 1.54) is 24.4 Å². The van der Waals surface area contributed by atoms with Crippen LogP contribution in [0, 0.1) is 0 Å². The number of H-pyrrole nitrogens is 1. The standard InChI is InChI=1S/C8H7NO4S/c10-8-4-9-7-2-1-5(3-6(7)8)14(11,12)13/h1-4,9-10H,(H,11,12,13). The average Bonchev–Trinajstić information content (AvgIpc) is 2.46. The Kier molecular flexibility index (Phi) is 1.76. The second-order valence-corrected chi connectivity index (χ2v) is 4.28. The van der Waals surface area contributed by atoms with Gasteiger partial charge >= 0.3 is 0 Å². The minimum Gasteiger partial charge on any atom is -0.506 e. The van der Waals surface area contributed by atoms with Crippen LogP contribution in [0.5, 0.6) is 5.75 Å². The first kappa shape index (κ1) is 9.04. The lowest BCUT2D eigenvalue weighted by Gasteiger charge is -1.96. The van der Waals surface area contributed by atoms with Gasteiger partial charge in [0.25, 0.3) is 10.1 Å². The zero-order valence-electron chi connectivity index (χ0n) is 6.93. The maximum atomic E-state index is 10.8. The van der Waals surface area contributed by atoms with E-state index < -0.39 is 10.1 Å². The summed E-state index contributed by atoms with van der Waals surface area (Å²) in [6.07, 6.45) is 1.35. The van der Waals surface area contributed by atoms with E-state index in [1.54, 1.807) is 0 Å². The van der Waals surface area contributed by atoms with Crippen LogP contribution in [0.3, 0.4) is 0 Å². The zero-order chi connectivity index (χ0) is 10.3. The Morgan fingerprint density at radius 3 is 2.64 bits per heavy atom. The van der Waals surface area contributed by atoms with E-state index in [0.29, 0.717) is 10.9 Å². The van der Waals surface area contributed by atoms with Gasteiger partial charge in [0.2, 0.25) is 0 Å². The van der Waals surface area contributed by atoms with Crippen LogP contribution < -0.4 is 0 Å². The van der Waals surface area contributed by atoms with Crippen molar-refractivity contribution in [2.45, 2.75) is 4.90 Å². The average molecular weight is 213 g/mol. The molecule has 2 rings (SSSR count). The smallest absolute Gasteiger partial charge is 0.294 e. The van der Waals surface area contributed by atoms with Crippen molar-refractivity contribution in [2.24, 2.45) is 0 Å². The molecule has 0 radical (unpaired) electrons. The number of nitrogens with one attached hydrogen (secondary N) is 1. The van der Waals surface area contributed by atoms with Crippen LogP contribution in [-0.2, 0) is 10.1 Å². The highest BCUT2D eigenvalue weighted by molar-refractivity contribution is 7.85. The van der Waals surface area contributed by atoms with E-state index in [4.69, 9.17) is 4.55 Å². The SMILES string of the molecule is O=S(=O)(O)c1ccc2[nH]cc(O)c2c1. The van der Waals surface area contributed by atoms with E-state index in [2.05, 4.69) is 4.98 Å². The third-order valence-electron chi connectivity index (χ3n) is 1.93. The maximum Gasteiger partial charge on any atom is 0.294 e. The van der Waals surface area contributed by atoms with Crippen LogP contribution in [0.1, 0.15) is 0 Å². The summed E-state index contributed by atoms with van der Waals surface area (Å²) in [5.41, 5.74) is 0.606. The lowest BCUT2D eigenvalue weighted by molar-refractivity contribution is 0.481. The van der Waals surface area contributed by atoms with Crippen LogP contribution in [0.4, 0.5) is 0 Å². The fourth-order valence-corrected chi connectivity index (χ4v) is 1.75. The van der Waals surface area contributed by atoms with Crippen molar-refractivity contribution >= 4 is 21.0 Å². The summed E-state index contributed by atoms with van der Waals surface area (Å²) < 4.78 is 30.3. The fourth-order valence-electron chi connectivity index (χ4n) is 1.25. The normalized spacial score (nSPS) is 12.1. The molecule has 74 valence electrons. The van der Waals surface area contributed by atoms with Gasteiger partial charge in [-0.15, -0.1) is 0 Å². The van der Waals surface area contributed by atoms with Crippen LogP contribution in [0.25, 0.3) is 10.9 Å². The van der Waals surface area contributed by atoms with Crippen LogP contribution in [0.15, 0.2) is 29.3 Å². The number of benzene rings is 1. The lowest BCUT2D eigenvalue weighted by Crippen LogP contribution is -1.96. The van der Waals surface area contributed by atoms with E-state index in [9.17, 15) is 13.5 Å². The molecule has 0 aliphatic heterocycles. The van der Waals surface area contributed by atoms with Crippen molar-refractivity contribution in [2.75, 3.05) is 0 Å². The topological polar surface area (TPSA) is 90.4 Å². The summed E-state index contributed by atoms with van der Waals surface area (Å²) in [7, 11) is -4.21. The molecule has 2 aromatic rings. The van der Waals surface area contributed by atoms with Crippen molar-refractivity contribution in [3.63, 3.8) is 0 Å². The Hall–Kier alpha value is -1.53. The van der Waals surface area contributed by atoms with E-state index in [-0.39, 0.29) is 10.6 Å². The molecule has 0 amide bonds. The van der Waals surface area contributed by atoms with Gasteiger partial charge in [-0.25, -0.2) is 0 Å². The lowest BCUT2D eigenvalue weighted by atomic mass is 10.2. The summed E-state index contributed by atoms with van der Waals surface area (Å²) in [6.45, 7) is 0. The molecule has 6 heteroatoms. The second-order valence-electron chi connectivity index (χ2n) is 2.86. The number of aromatic amines is 1.